The first-order valence-electron chi connectivity index (χ1n) is 5.46. The highest BCUT2D eigenvalue weighted by molar-refractivity contribution is 6.33. The molecule has 1 heterocycles. The van der Waals surface area contributed by atoms with Crippen molar-refractivity contribution in [1.29, 1.82) is 0 Å². The summed E-state index contributed by atoms with van der Waals surface area (Å²) in [6.45, 7) is 2.31. The first kappa shape index (κ1) is 11.4. The van der Waals surface area contributed by atoms with Gasteiger partial charge in [0.05, 0.1) is 10.6 Å². The molecule has 3 nitrogen and oxygen atoms in total. The molecule has 2 rings (SSSR count). The van der Waals surface area contributed by atoms with Crippen LogP contribution in [-0.2, 0) is 0 Å². The second-order valence-electron chi connectivity index (χ2n) is 4.13. The number of carbonyl (C=O) groups is 1. The Morgan fingerprint density at radius 2 is 2.12 bits per heavy atom. The summed E-state index contributed by atoms with van der Waals surface area (Å²) in [6.07, 6.45) is 0.992. The number of rotatable bonds is 3. The average Bonchev–Trinajstić information content (AvgIpc) is 2.22. The highest BCUT2D eigenvalue weighted by Gasteiger charge is 2.30. The van der Waals surface area contributed by atoms with Crippen LogP contribution in [0.15, 0.2) is 24.3 Å². The number of nitrogens with zero attached hydrogens (tertiary/aromatic N) is 1. The molecule has 4 heteroatoms. The lowest BCUT2D eigenvalue weighted by molar-refractivity contribution is 0.0490. The van der Waals surface area contributed by atoms with Gasteiger partial charge in [0, 0.05) is 13.1 Å². The van der Waals surface area contributed by atoms with Gasteiger partial charge in [-0.15, -0.1) is 0 Å². The lowest BCUT2D eigenvalue weighted by Crippen LogP contribution is -2.50. The van der Waals surface area contributed by atoms with Gasteiger partial charge in [0.1, 0.15) is 0 Å². The lowest BCUT2D eigenvalue weighted by atomic mass is 9.95. The fourth-order valence-corrected chi connectivity index (χ4v) is 2.18. The standard InChI is InChI=1S/C12H15ClN2O/c13-11-4-2-1-3-10(11)12(16)15-7-9(8-15)5-6-14/h1-4,9H,5-8,14H2. The van der Waals surface area contributed by atoms with Gasteiger partial charge >= 0.3 is 0 Å². The monoisotopic (exact) mass is 238 g/mol. The fraction of sp³-hybridized carbons (Fsp3) is 0.417. The molecule has 1 fully saturated rings. The zero-order valence-electron chi connectivity index (χ0n) is 9.03. The molecule has 0 aromatic heterocycles. The van der Waals surface area contributed by atoms with Gasteiger partial charge in [0.25, 0.3) is 5.91 Å². The van der Waals surface area contributed by atoms with Gasteiger partial charge in [-0.1, -0.05) is 23.7 Å². The van der Waals surface area contributed by atoms with Crippen LogP contribution >= 0.6 is 11.6 Å². The maximum absolute atomic E-state index is 12.0. The van der Waals surface area contributed by atoms with Crippen LogP contribution in [0.5, 0.6) is 0 Å². The number of likely N-dealkylation sites (tertiary alicyclic amines) is 1. The van der Waals surface area contributed by atoms with Crippen LogP contribution in [0.25, 0.3) is 0 Å². The summed E-state index contributed by atoms with van der Waals surface area (Å²) in [5.41, 5.74) is 6.06. The predicted octanol–water partition coefficient (Wildman–Crippen LogP) is 1.76. The predicted molar refractivity (Wildman–Crippen MR) is 64.5 cm³/mol. The molecule has 1 saturated heterocycles. The van der Waals surface area contributed by atoms with E-state index < -0.39 is 0 Å². The van der Waals surface area contributed by atoms with Crippen LogP contribution in [0.2, 0.25) is 5.02 Å². The summed E-state index contributed by atoms with van der Waals surface area (Å²) in [5.74, 6) is 0.593. The fourth-order valence-electron chi connectivity index (χ4n) is 1.96. The lowest BCUT2D eigenvalue weighted by Gasteiger charge is -2.39. The quantitative estimate of drug-likeness (QED) is 0.872. The molecule has 0 radical (unpaired) electrons. The zero-order valence-corrected chi connectivity index (χ0v) is 9.78. The molecule has 0 atom stereocenters. The number of nitrogens with two attached hydrogens (primary N) is 1. The molecule has 1 amide bonds. The Hall–Kier alpha value is -1.06. The molecule has 0 spiro atoms. The van der Waals surface area contributed by atoms with Gasteiger partial charge in [0.2, 0.25) is 0 Å². The van der Waals surface area contributed by atoms with E-state index in [0.29, 0.717) is 23.0 Å². The Morgan fingerprint density at radius 3 is 2.75 bits per heavy atom. The summed E-state index contributed by atoms with van der Waals surface area (Å²) in [7, 11) is 0. The first-order chi connectivity index (χ1) is 7.72. The number of halogens is 1. The minimum Gasteiger partial charge on any atom is -0.338 e. The van der Waals surface area contributed by atoms with E-state index in [-0.39, 0.29) is 5.91 Å². The van der Waals surface area contributed by atoms with E-state index in [1.807, 2.05) is 17.0 Å². The molecule has 86 valence electrons. The highest BCUT2D eigenvalue weighted by atomic mass is 35.5. The molecule has 1 aliphatic rings. The second-order valence-corrected chi connectivity index (χ2v) is 4.54. The summed E-state index contributed by atoms with van der Waals surface area (Å²) >= 11 is 5.97. The van der Waals surface area contributed by atoms with Gasteiger partial charge < -0.3 is 10.6 Å². The van der Waals surface area contributed by atoms with Crippen LogP contribution in [0.4, 0.5) is 0 Å². The van der Waals surface area contributed by atoms with E-state index in [4.69, 9.17) is 17.3 Å². The van der Waals surface area contributed by atoms with Crippen molar-refractivity contribution in [3.63, 3.8) is 0 Å². The van der Waals surface area contributed by atoms with E-state index >= 15 is 0 Å². The molecule has 0 unspecified atom stereocenters. The van der Waals surface area contributed by atoms with Crippen molar-refractivity contribution in [3.05, 3.63) is 34.9 Å². The SMILES string of the molecule is NCCC1CN(C(=O)c2ccccc2Cl)C1. The summed E-state index contributed by atoms with van der Waals surface area (Å²) < 4.78 is 0. The van der Waals surface area contributed by atoms with E-state index in [9.17, 15) is 4.79 Å². The number of amides is 1. The summed E-state index contributed by atoms with van der Waals surface area (Å²) in [5, 5.41) is 0.523. The third-order valence-corrected chi connectivity index (χ3v) is 3.25. The maximum Gasteiger partial charge on any atom is 0.255 e. The minimum atomic E-state index is 0.0267. The first-order valence-corrected chi connectivity index (χ1v) is 5.84. The summed E-state index contributed by atoms with van der Waals surface area (Å²) in [4.78, 5) is 13.8. The van der Waals surface area contributed by atoms with Crippen molar-refractivity contribution in [1.82, 2.24) is 4.90 Å². The van der Waals surface area contributed by atoms with Crippen molar-refractivity contribution in [2.75, 3.05) is 19.6 Å². The Balaban J connectivity index is 1.98. The normalized spacial score (nSPS) is 16.0. The Bertz CT molecular complexity index is 388. The molecular formula is C12H15ClN2O. The Kier molecular flexibility index (Phi) is 3.46. The maximum atomic E-state index is 12.0. The van der Waals surface area contributed by atoms with Crippen molar-refractivity contribution >= 4 is 17.5 Å². The van der Waals surface area contributed by atoms with Crippen molar-refractivity contribution in [3.8, 4) is 0 Å². The molecule has 1 aromatic carbocycles. The molecule has 0 saturated carbocycles. The summed E-state index contributed by atoms with van der Waals surface area (Å²) in [6, 6.07) is 7.16. The van der Waals surface area contributed by atoms with Crippen molar-refractivity contribution in [2.45, 2.75) is 6.42 Å². The Labute approximate surface area is 100 Å². The molecule has 0 aliphatic carbocycles. The molecule has 1 aliphatic heterocycles. The van der Waals surface area contributed by atoms with Gasteiger partial charge in [-0.25, -0.2) is 0 Å². The molecule has 1 aromatic rings. The molecule has 2 N–H and O–H groups in total. The number of hydrogen-bond donors (Lipinski definition) is 1. The van der Waals surface area contributed by atoms with Crippen LogP contribution in [0.3, 0.4) is 0 Å². The van der Waals surface area contributed by atoms with E-state index in [1.165, 1.54) is 0 Å². The Morgan fingerprint density at radius 1 is 1.44 bits per heavy atom. The smallest absolute Gasteiger partial charge is 0.255 e. The average molecular weight is 239 g/mol. The molecule has 0 bridgehead atoms. The van der Waals surface area contributed by atoms with Crippen molar-refractivity contribution < 1.29 is 4.79 Å². The number of hydrogen-bond acceptors (Lipinski definition) is 2. The van der Waals surface area contributed by atoms with E-state index in [1.54, 1.807) is 12.1 Å². The number of benzene rings is 1. The second kappa shape index (κ2) is 4.85. The van der Waals surface area contributed by atoms with Gasteiger partial charge in [-0.05, 0) is 31.0 Å². The molecule has 16 heavy (non-hydrogen) atoms. The largest absolute Gasteiger partial charge is 0.338 e. The van der Waals surface area contributed by atoms with E-state index in [0.717, 1.165) is 19.5 Å². The third-order valence-electron chi connectivity index (χ3n) is 2.92. The van der Waals surface area contributed by atoms with Crippen molar-refractivity contribution in [2.24, 2.45) is 11.7 Å². The van der Waals surface area contributed by atoms with Gasteiger partial charge in [-0.3, -0.25) is 4.79 Å². The van der Waals surface area contributed by atoms with Gasteiger partial charge in [0.15, 0.2) is 0 Å². The topological polar surface area (TPSA) is 46.3 Å². The van der Waals surface area contributed by atoms with Crippen LogP contribution in [0.1, 0.15) is 16.8 Å². The number of carbonyl (C=O) groups excluding carboxylic acids is 1. The zero-order chi connectivity index (χ0) is 11.5. The minimum absolute atomic E-state index is 0.0267. The van der Waals surface area contributed by atoms with Crippen LogP contribution < -0.4 is 5.73 Å². The van der Waals surface area contributed by atoms with Gasteiger partial charge in [-0.2, -0.15) is 0 Å². The van der Waals surface area contributed by atoms with Crippen LogP contribution in [0, 0.1) is 5.92 Å². The van der Waals surface area contributed by atoms with Crippen LogP contribution in [-0.4, -0.2) is 30.4 Å². The van der Waals surface area contributed by atoms with E-state index in [2.05, 4.69) is 0 Å². The highest BCUT2D eigenvalue weighted by Crippen LogP contribution is 2.24. The molecular weight excluding hydrogens is 224 g/mol. The third kappa shape index (κ3) is 2.20.